The number of nitrogens with zero attached hydrogens (tertiary/aromatic N) is 3. The zero-order valence-corrected chi connectivity index (χ0v) is 13.2. The molecule has 2 heterocycles. The normalized spacial score (nSPS) is 10.5. The number of fused-ring (bicyclic) bond motifs is 1. The first-order valence-electron chi connectivity index (χ1n) is 7.56. The highest BCUT2D eigenvalue weighted by Crippen LogP contribution is 2.32. The minimum atomic E-state index is 0.201. The Morgan fingerprint density at radius 2 is 2.04 bits per heavy atom. The molecule has 0 atom stereocenters. The first kappa shape index (κ1) is 15.6. The van der Waals surface area contributed by atoms with E-state index >= 15 is 0 Å². The first-order valence-corrected chi connectivity index (χ1v) is 7.56. The first-order chi connectivity index (χ1) is 11.7. The van der Waals surface area contributed by atoms with Gasteiger partial charge >= 0.3 is 0 Å². The molecule has 0 radical (unpaired) electrons. The third-order valence-electron chi connectivity index (χ3n) is 3.78. The number of anilines is 3. The molecule has 7 nitrogen and oxygen atoms in total. The van der Waals surface area contributed by atoms with Crippen molar-refractivity contribution in [2.75, 3.05) is 23.7 Å². The highest BCUT2D eigenvalue weighted by atomic mass is 16.3. The van der Waals surface area contributed by atoms with Gasteiger partial charge in [-0.3, -0.25) is 0 Å². The zero-order valence-electron chi connectivity index (χ0n) is 13.2. The summed E-state index contributed by atoms with van der Waals surface area (Å²) < 4.78 is 1.70. The van der Waals surface area contributed by atoms with E-state index in [2.05, 4.69) is 21.8 Å². The smallest absolute Gasteiger partial charge is 0.137 e. The molecule has 0 aliphatic carbocycles. The number of phenolic OH excluding ortho intramolecular Hbond substituents is 1. The number of nitrogens with two attached hydrogens (primary N) is 1. The fraction of sp³-hybridized carbons (Fsp3) is 0.176. The van der Waals surface area contributed by atoms with Crippen LogP contribution in [0.3, 0.4) is 0 Å². The Balaban J connectivity index is 2.15. The molecule has 3 rings (SSSR count). The molecule has 24 heavy (non-hydrogen) atoms. The number of aromatic nitrogens is 2. The molecule has 0 unspecified atom stereocenters. The average molecular weight is 322 g/mol. The van der Waals surface area contributed by atoms with Gasteiger partial charge in [-0.25, -0.2) is 4.52 Å². The van der Waals surface area contributed by atoms with Crippen LogP contribution in [0.2, 0.25) is 0 Å². The molecule has 5 N–H and O–H groups in total. The van der Waals surface area contributed by atoms with Crippen molar-refractivity contribution in [2.45, 2.75) is 6.92 Å². The SMILES string of the molecule is Cc1c(NCCN)c(C#N)c2ccnn2c1Nc1ccc(O)cc1. The van der Waals surface area contributed by atoms with Crippen molar-refractivity contribution in [1.82, 2.24) is 9.61 Å². The molecular weight excluding hydrogens is 304 g/mol. The van der Waals surface area contributed by atoms with Gasteiger partial charge in [-0.1, -0.05) is 0 Å². The Morgan fingerprint density at radius 3 is 2.71 bits per heavy atom. The largest absolute Gasteiger partial charge is 0.508 e. The molecule has 0 bridgehead atoms. The van der Waals surface area contributed by atoms with Crippen LogP contribution in [-0.2, 0) is 0 Å². The van der Waals surface area contributed by atoms with E-state index in [-0.39, 0.29) is 5.75 Å². The molecule has 3 aromatic rings. The van der Waals surface area contributed by atoms with E-state index in [1.54, 1.807) is 41.0 Å². The minimum absolute atomic E-state index is 0.201. The number of aromatic hydroxyl groups is 1. The molecule has 0 aliphatic rings. The maximum absolute atomic E-state index is 9.56. The predicted octanol–water partition coefficient (Wildman–Crippen LogP) is 2.33. The second-order valence-corrected chi connectivity index (χ2v) is 5.35. The minimum Gasteiger partial charge on any atom is -0.508 e. The molecule has 1 aromatic carbocycles. The van der Waals surface area contributed by atoms with E-state index in [4.69, 9.17) is 5.73 Å². The number of hydrogen-bond acceptors (Lipinski definition) is 6. The number of phenols is 1. The molecule has 0 amide bonds. The monoisotopic (exact) mass is 322 g/mol. The van der Waals surface area contributed by atoms with E-state index in [1.807, 2.05) is 6.92 Å². The Labute approximate surface area is 139 Å². The third-order valence-corrected chi connectivity index (χ3v) is 3.78. The van der Waals surface area contributed by atoms with Crippen molar-refractivity contribution in [1.29, 1.82) is 5.26 Å². The number of hydrogen-bond donors (Lipinski definition) is 4. The Morgan fingerprint density at radius 1 is 1.29 bits per heavy atom. The van der Waals surface area contributed by atoms with Crippen molar-refractivity contribution in [2.24, 2.45) is 5.73 Å². The van der Waals surface area contributed by atoms with E-state index in [9.17, 15) is 10.4 Å². The van der Waals surface area contributed by atoms with Gasteiger partial charge in [0.15, 0.2) is 0 Å². The summed E-state index contributed by atoms with van der Waals surface area (Å²) in [6, 6.07) is 10.8. The molecule has 0 spiro atoms. The summed E-state index contributed by atoms with van der Waals surface area (Å²) in [5, 5.41) is 29.8. The summed E-state index contributed by atoms with van der Waals surface area (Å²) in [6.45, 7) is 2.96. The highest BCUT2D eigenvalue weighted by Gasteiger charge is 2.17. The van der Waals surface area contributed by atoms with Gasteiger partial charge < -0.3 is 21.5 Å². The second kappa shape index (κ2) is 6.48. The number of pyridine rings is 1. The lowest BCUT2D eigenvalue weighted by Crippen LogP contribution is -2.16. The van der Waals surface area contributed by atoms with Crippen LogP contribution in [-0.4, -0.2) is 27.8 Å². The summed E-state index contributed by atoms with van der Waals surface area (Å²) in [5.74, 6) is 0.950. The molecular formula is C17H18N6O. The summed E-state index contributed by atoms with van der Waals surface area (Å²) in [5.41, 5.74) is 9.25. The lowest BCUT2D eigenvalue weighted by Gasteiger charge is -2.18. The molecule has 0 aliphatic heterocycles. The van der Waals surface area contributed by atoms with E-state index in [1.165, 1.54) is 0 Å². The van der Waals surface area contributed by atoms with Gasteiger partial charge in [0.1, 0.15) is 23.2 Å². The van der Waals surface area contributed by atoms with Gasteiger partial charge in [-0.15, -0.1) is 0 Å². The van der Waals surface area contributed by atoms with E-state index in [0.717, 1.165) is 22.8 Å². The summed E-state index contributed by atoms with van der Waals surface area (Å²) in [4.78, 5) is 0. The fourth-order valence-electron chi connectivity index (χ4n) is 2.62. The lowest BCUT2D eigenvalue weighted by atomic mass is 10.1. The molecule has 2 aromatic heterocycles. The van der Waals surface area contributed by atoms with Gasteiger partial charge in [-0.05, 0) is 37.3 Å². The van der Waals surface area contributed by atoms with Gasteiger partial charge in [0, 0.05) is 24.3 Å². The van der Waals surface area contributed by atoms with Crippen LogP contribution in [0, 0.1) is 18.3 Å². The molecule has 0 fully saturated rings. The van der Waals surface area contributed by atoms with Crippen LogP contribution in [0.25, 0.3) is 5.52 Å². The summed E-state index contributed by atoms with van der Waals surface area (Å²) >= 11 is 0. The van der Waals surface area contributed by atoms with Crippen molar-refractivity contribution in [3.8, 4) is 11.8 Å². The molecule has 0 saturated carbocycles. The molecule has 7 heteroatoms. The maximum atomic E-state index is 9.56. The predicted molar refractivity (Wildman–Crippen MR) is 93.6 cm³/mol. The van der Waals surface area contributed by atoms with Crippen molar-refractivity contribution in [3.63, 3.8) is 0 Å². The lowest BCUT2D eigenvalue weighted by molar-refractivity contribution is 0.475. The quantitative estimate of drug-likeness (QED) is 0.536. The Kier molecular flexibility index (Phi) is 4.22. The molecule has 0 saturated heterocycles. The van der Waals surface area contributed by atoms with Crippen LogP contribution in [0.15, 0.2) is 36.5 Å². The van der Waals surface area contributed by atoms with Crippen LogP contribution >= 0.6 is 0 Å². The van der Waals surface area contributed by atoms with Gasteiger partial charge in [0.05, 0.1) is 17.4 Å². The fourth-order valence-corrected chi connectivity index (χ4v) is 2.62. The van der Waals surface area contributed by atoms with Crippen molar-refractivity contribution < 1.29 is 5.11 Å². The van der Waals surface area contributed by atoms with Crippen LogP contribution in [0.4, 0.5) is 17.2 Å². The topological polar surface area (TPSA) is 111 Å². The maximum Gasteiger partial charge on any atom is 0.137 e. The van der Waals surface area contributed by atoms with Gasteiger partial charge in [-0.2, -0.15) is 10.4 Å². The number of benzene rings is 1. The van der Waals surface area contributed by atoms with Crippen LogP contribution < -0.4 is 16.4 Å². The third kappa shape index (κ3) is 2.71. The highest BCUT2D eigenvalue weighted by molar-refractivity contribution is 5.82. The van der Waals surface area contributed by atoms with Crippen LogP contribution in [0.1, 0.15) is 11.1 Å². The van der Waals surface area contributed by atoms with E-state index < -0.39 is 0 Å². The van der Waals surface area contributed by atoms with Gasteiger partial charge in [0.25, 0.3) is 0 Å². The number of nitrogens with one attached hydrogen (secondary N) is 2. The summed E-state index contributed by atoms with van der Waals surface area (Å²) in [6.07, 6.45) is 1.66. The van der Waals surface area contributed by atoms with Crippen molar-refractivity contribution in [3.05, 3.63) is 47.7 Å². The number of nitriles is 1. The Bertz CT molecular complexity index is 907. The van der Waals surface area contributed by atoms with E-state index in [0.29, 0.717) is 24.2 Å². The van der Waals surface area contributed by atoms with Crippen LogP contribution in [0.5, 0.6) is 5.75 Å². The van der Waals surface area contributed by atoms with Crippen molar-refractivity contribution >= 4 is 22.7 Å². The number of rotatable bonds is 5. The molecule has 122 valence electrons. The average Bonchev–Trinajstić information content (AvgIpc) is 3.06. The Hall–Kier alpha value is -3.24. The summed E-state index contributed by atoms with van der Waals surface area (Å²) in [7, 11) is 0. The van der Waals surface area contributed by atoms with Gasteiger partial charge in [0.2, 0.25) is 0 Å². The second-order valence-electron chi connectivity index (χ2n) is 5.35. The zero-order chi connectivity index (χ0) is 17.1. The standard InChI is InChI=1S/C17H18N6O/c1-11-16(20-9-7-18)14(10-19)15-6-8-21-23(15)17(11)22-12-2-4-13(24)5-3-12/h2-6,8,20,22,24H,7,9,18H2,1H3.